The third kappa shape index (κ3) is 2.49. The van der Waals surface area contributed by atoms with E-state index in [2.05, 4.69) is 35.5 Å². The van der Waals surface area contributed by atoms with Gasteiger partial charge in [-0.1, -0.05) is 0 Å². The van der Waals surface area contributed by atoms with E-state index in [9.17, 15) is 4.79 Å². The van der Waals surface area contributed by atoms with Crippen LogP contribution in [0, 0.1) is 0 Å². The normalized spacial score (nSPS) is 11.0. The van der Waals surface area contributed by atoms with E-state index in [1.165, 1.54) is 6.33 Å². The van der Waals surface area contributed by atoms with Crippen LogP contribution >= 0.6 is 0 Å². The number of aromatic amines is 1. The first-order valence-corrected chi connectivity index (χ1v) is 7.15. The van der Waals surface area contributed by atoms with E-state index in [4.69, 9.17) is 0 Å². The number of hydrogen-bond acceptors (Lipinski definition) is 6. The summed E-state index contributed by atoms with van der Waals surface area (Å²) in [5.74, 6) is 0.435. The molecule has 0 spiro atoms. The second kappa shape index (κ2) is 5.57. The highest BCUT2D eigenvalue weighted by Crippen LogP contribution is 2.22. The number of nitrogens with zero attached hydrogens (tertiary/aromatic N) is 7. The Kier molecular flexibility index (Phi) is 3.26. The quantitative estimate of drug-likeness (QED) is 0.567. The van der Waals surface area contributed by atoms with Gasteiger partial charge in [-0.25, -0.2) is 15.0 Å². The minimum Gasteiger partial charge on any atom is -0.341 e. The molecule has 2 N–H and O–H groups in total. The van der Waals surface area contributed by atoms with Crippen LogP contribution in [0.2, 0.25) is 0 Å². The van der Waals surface area contributed by atoms with Gasteiger partial charge in [-0.05, 0) is 0 Å². The second-order valence-electron chi connectivity index (χ2n) is 5.14. The molecule has 4 rings (SSSR count). The Balaban J connectivity index is 1.54. The van der Waals surface area contributed by atoms with Crippen molar-refractivity contribution < 1.29 is 4.79 Å². The summed E-state index contributed by atoms with van der Waals surface area (Å²) in [6, 6.07) is 1.72. The van der Waals surface area contributed by atoms with E-state index >= 15 is 0 Å². The number of rotatable bonds is 4. The molecule has 0 unspecified atom stereocenters. The van der Waals surface area contributed by atoms with Gasteiger partial charge in [-0.3, -0.25) is 14.2 Å². The first kappa shape index (κ1) is 14.1. The number of hydrogen-bond donors (Lipinski definition) is 2. The summed E-state index contributed by atoms with van der Waals surface area (Å²) < 4.78 is 3.13. The van der Waals surface area contributed by atoms with E-state index in [0.717, 1.165) is 11.1 Å². The van der Waals surface area contributed by atoms with Gasteiger partial charge in [0.2, 0.25) is 5.91 Å². The van der Waals surface area contributed by atoms with Crippen LogP contribution in [-0.2, 0) is 18.4 Å². The summed E-state index contributed by atoms with van der Waals surface area (Å²) in [4.78, 5) is 27.6. The highest BCUT2D eigenvalue weighted by Gasteiger charge is 2.12. The summed E-state index contributed by atoms with van der Waals surface area (Å²) in [7, 11) is 1.76. The third-order valence-electron chi connectivity index (χ3n) is 3.52. The number of fused-ring (bicyclic) bond motifs is 1. The molecule has 4 aromatic heterocycles. The number of amides is 1. The van der Waals surface area contributed by atoms with Gasteiger partial charge in [-0.2, -0.15) is 10.2 Å². The minimum atomic E-state index is -0.192. The molecule has 0 aromatic carbocycles. The monoisotopic (exact) mass is 323 g/mol. The fourth-order valence-corrected chi connectivity index (χ4v) is 2.38. The lowest BCUT2D eigenvalue weighted by molar-refractivity contribution is -0.116. The number of aryl methyl sites for hydroxylation is 1. The van der Waals surface area contributed by atoms with Gasteiger partial charge < -0.3 is 10.3 Å². The van der Waals surface area contributed by atoms with Gasteiger partial charge in [-0.15, -0.1) is 0 Å². The van der Waals surface area contributed by atoms with Crippen LogP contribution < -0.4 is 5.32 Å². The van der Waals surface area contributed by atoms with Crippen LogP contribution in [0.3, 0.4) is 0 Å². The summed E-state index contributed by atoms with van der Waals surface area (Å²) in [5.41, 5.74) is 2.79. The number of aromatic nitrogens is 8. The van der Waals surface area contributed by atoms with Gasteiger partial charge >= 0.3 is 0 Å². The highest BCUT2D eigenvalue weighted by atomic mass is 16.2. The Morgan fingerprint density at radius 3 is 3.04 bits per heavy atom. The molecule has 24 heavy (non-hydrogen) atoms. The molecule has 1 amide bonds. The van der Waals surface area contributed by atoms with E-state index in [1.54, 1.807) is 47.4 Å². The lowest BCUT2D eigenvalue weighted by atomic mass is 10.2. The van der Waals surface area contributed by atoms with Crippen molar-refractivity contribution in [3.05, 3.63) is 37.3 Å². The molecular formula is C14H13N9O. The van der Waals surface area contributed by atoms with Crippen molar-refractivity contribution in [2.75, 3.05) is 5.32 Å². The van der Waals surface area contributed by atoms with Crippen molar-refractivity contribution in [2.45, 2.75) is 6.54 Å². The number of anilines is 1. The van der Waals surface area contributed by atoms with E-state index in [-0.39, 0.29) is 12.5 Å². The molecule has 0 saturated carbocycles. The van der Waals surface area contributed by atoms with Crippen molar-refractivity contribution in [1.29, 1.82) is 0 Å². The summed E-state index contributed by atoms with van der Waals surface area (Å²) in [6.07, 6.45) is 8.04. The molecule has 0 fully saturated rings. The number of nitrogens with one attached hydrogen (secondary N) is 2. The Labute approximate surface area is 135 Å². The minimum absolute atomic E-state index is 0.0857. The number of H-pyrrole nitrogens is 1. The smallest absolute Gasteiger partial charge is 0.247 e. The summed E-state index contributed by atoms with van der Waals surface area (Å²) in [6.45, 7) is 0.0857. The summed E-state index contributed by atoms with van der Waals surface area (Å²) in [5, 5.41) is 11.0. The van der Waals surface area contributed by atoms with Crippen LogP contribution in [0.5, 0.6) is 0 Å². The third-order valence-corrected chi connectivity index (χ3v) is 3.52. The van der Waals surface area contributed by atoms with Crippen molar-refractivity contribution in [3.63, 3.8) is 0 Å². The molecule has 10 heteroatoms. The van der Waals surface area contributed by atoms with Crippen LogP contribution in [0.4, 0.5) is 5.82 Å². The van der Waals surface area contributed by atoms with Gasteiger partial charge in [0.25, 0.3) is 0 Å². The first-order valence-electron chi connectivity index (χ1n) is 7.15. The van der Waals surface area contributed by atoms with Crippen molar-refractivity contribution in [1.82, 2.24) is 39.5 Å². The molecule has 0 radical (unpaired) electrons. The molecular weight excluding hydrogens is 310 g/mol. The molecule has 0 saturated heterocycles. The topological polar surface area (TPSA) is 119 Å². The predicted octanol–water partition coefficient (Wildman–Crippen LogP) is 0.589. The Morgan fingerprint density at radius 2 is 2.21 bits per heavy atom. The van der Waals surface area contributed by atoms with Crippen LogP contribution in [0.15, 0.2) is 37.3 Å². The predicted molar refractivity (Wildman–Crippen MR) is 84.7 cm³/mol. The number of imidazole rings is 1. The fraction of sp³-hybridized carbons (Fsp3) is 0.143. The average molecular weight is 323 g/mol. The largest absolute Gasteiger partial charge is 0.341 e. The van der Waals surface area contributed by atoms with Crippen molar-refractivity contribution in [3.8, 4) is 11.3 Å². The zero-order valence-electron chi connectivity index (χ0n) is 12.7. The molecule has 0 aliphatic heterocycles. The standard InChI is InChI=1S/C14H13N9O/c1-22-10(2-3-19-22)21-11(24)6-23-5-9(4-20-23)12-13-14(17-7-15-12)18-8-16-13/h2-5,7-8H,6H2,1H3,(H,21,24)(H,15,16,17,18). The van der Waals surface area contributed by atoms with E-state index in [1.807, 2.05) is 0 Å². The zero-order chi connectivity index (χ0) is 16.5. The molecule has 10 nitrogen and oxygen atoms in total. The zero-order valence-corrected chi connectivity index (χ0v) is 12.7. The van der Waals surface area contributed by atoms with Gasteiger partial charge in [0.1, 0.15) is 29.9 Å². The van der Waals surface area contributed by atoms with Crippen molar-refractivity contribution in [2.24, 2.45) is 7.05 Å². The fourth-order valence-electron chi connectivity index (χ4n) is 2.38. The van der Waals surface area contributed by atoms with Crippen LogP contribution in [0.1, 0.15) is 0 Å². The van der Waals surface area contributed by atoms with E-state index < -0.39 is 0 Å². The highest BCUT2D eigenvalue weighted by molar-refractivity contribution is 5.90. The van der Waals surface area contributed by atoms with Crippen LogP contribution in [0.25, 0.3) is 22.4 Å². The SMILES string of the molecule is Cn1nccc1NC(=O)Cn1cc(-c2ncnc3nc[nH]c23)cn1. The van der Waals surface area contributed by atoms with Gasteiger partial charge in [0.05, 0.1) is 18.7 Å². The average Bonchev–Trinajstić information content (AvgIpc) is 3.29. The lowest BCUT2D eigenvalue weighted by Crippen LogP contribution is -2.20. The maximum Gasteiger partial charge on any atom is 0.247 e. The lowest BCUT2D eigenvalue weighted by Gasteiger charge is -2.05. The molecule has 0 bridgehead atoms. The molecule has 0 atom stereocenters. The van der Waals surface area contributed by atoms with Crippen molar-refractivity contribution >= 4 is 22.9 Å². The Bertz CT molecular complexity index is 1010. The Morgan fingerprint density at radius 1 is 1.29 bits per heavy atom. The molecule has 4 aromatic rings. The van der Waals surface area contributed by atoms with Crippen LogP contribution in [-0.4, -0.2) is 45.4 Å². The molecule has 0 aliphatic carbocycles. The van der Waals surface area contributed by atoms with Gasteiger partial charge in [0.15, 0.2) is 5.65 Å². The molecule has 4 heterocycles. The van der Waals surface area contributed by atoms with Gasteiger partial charge in [0, 0.05) is 24.9 Å². The molecule has 120 valence electrons. The van der Waals surface area contributed by atoms with E-state index in [0.29, 0.717) is 17.2 Å². The molecule has 0 aliphatic rings. The summed E-state index contributed by atoms with van der Waals surface area (Å²) >= 11 is 0. The first-order chi connectivity index (χ1) is 11.7. The maximum atomic E-state index is 12.1. The Hall–Kier alpha value is -3.56. The maximum absolute atomic E-state index is 12.1. The number of carbonyl (C=O) groups excluding carboxylic acids is 1. The number of carbonyl (C=O) groups is 1. The second-order valence-corrected chi connectivity index (χ2v) is 5.14.